The van der Waals surface area contributed by atoms with Gasteiger partial charge in [0.05, 0.1) is 6.10 Å². The van der Waals surface area contributed by atoms with E-state index in [1.54, 1.807) is 20.8 Å². The van der Waals surface area contributed by atoms with Crippen LogP contribution in [-0.2, 0) is 25.4 Å². The number of carbonyl (C=O) groups excluding carboxylic acids is 2. The zero-order chi connectivity index (χ0) is 24.7. The molecule has 3 N–H and O–H groups in total. The molecule has 1 rings (SSSR count). The Morgan fingerprint density at radius 1 is 1.00 bits per heavy atom. The van der Waals surface area contributed by atoms with E-state index in [9.17, 15) is 19.5 Å². The Balaban J connectivity index is 2.82. The van der Waals surface area contributed by atoms with Crippen molar-refractivity contribution in [3.05, 3.63) is 35.9 Å². The first-order valence-electron chi connectivity index (χ1n) is 10.8. The number of rotatable bonds is 10. The topological polar surface area (TPSA) is 114 Å². The molecule has 180 valence electrons. The number of hydrogen-bond acceptors (Lipinski definition) is 5. The third-order valence-electron chi connectivity index (χ3n) is 5.76. The third kappa shape index (κ3) is 8.27. The minimum atomic E-state index is -2.25. The predicted molar refractivity (Wildman–Crippen MR) is 126 cm³/mol. The molecule has 0 fully saturated rings. The van der Waals surface area contributed by atoms with E-state index in [1.165, 1.54) is 0 Å². The van der Waals surface area contributed by atoms with Crippen molar-refractivity contribution in [2.75, 3.05) is 0 Å². The molecule has 0 heterocycles. The lowest BCUT2D eigenvalue weighted by atomic mass is 10.0. The Labute approximate surface area is 192 Å². The van der Waals surface area contributed by atoms with Gasteiger partial charge in [-0.25, -0.2) is 9.59 Å². The van der Waals surface area contributed by atoms with Crippen LogP contribution in [0.1, 0.15) is 47.1 Å². The maximum absolute atomic E-state index is 12.9. The monoisotopic (exact) mass is 466 g/mol. The van der Waals surface area contributed by atoms with Crippen molar-refractivity contribution >= 4 is 26.3 Å². The van der Waals surface area contributed by atoms with Crippen molar-refractivity contribution in [3.8, 4) is 0 Å². The Hall–Kier alpha value is -2.39. The molecule has 9 heteroatoms. The summed E-state index contributed by atoms with van der Waals surface area (Å²) >= 11 is 0. The minimum absolute atomic E-state index is 0.0637. The van der Waals surface area contributed by atoms with Crippen LogP contribution in [0.3, 0.4) is 0 Å². The fourth-order valence-corrected chi connectivity index (χ4v) is 4.18. The molecule has 0 spiro atoms. The highest BCUT2D eigenvalue weighted by atomic mass is 28.4. The van der Waals surface area contributed by atoms with Crippen LogP contribution in [0.2, 0.25) is 18.1 Å². The number of benzene rings is 1. The quantitative estimate of drug-likeness (QED) is 0.450. The van der Waals surface area contributed by atoms with Gasteiger partial charge < -0.3 is 24.9 Å². The van der Waals surface area contributed by atoms with Crippen LogP contribution in [0.4, 0.5) is 4.79 Å². The molecule has 1 aromatic carbocycles. The van der Waals surface area contributed by atoms with Gasteiger partial charge in [-0.15, -0.1) is 0 Å². The highest BCUT2D eigenvalue weighted by Crippen LogP contribution is 2.37. The molecule has 0 aliphatic heterocycles. The van der Waals surface area contributed by atoms with Crippen LogP contribution in [0, 0.1) is 5.92 Å². The molecule has 1 aromatic rings. The second-order valence-electron chi connectivity index (χ2n) is 9.84. The maximum Gasteiger partial charge on any atom is 0.408 e. The van der Waals surface area contributed by atoms with Crippen molar-refractivity contribution in [1.82, 2.24) is 10.6 Å². The van der Waals surface area contributed by atoms with Gasteiger partial charge in [-0.1, -0.05) is 65.0 Å². The second kappa shape index (κ2) is 11.5. The number of hydrogen-bond donors (Lipinski definition) is 3. The fraction of sp³-hybridized carbons (Fsp3) is 0.609. The molecular weight excluding hydrogens is 428 g/mol. The number of carboxylic acids is 1. The average molecular weight is 467 g/mol. The molecule has 32 heavy (non-hydrogen) atoms. The summed E-state index contributed by atoms with van der Waals surface area (Å²) in [4.78, 5) is 37.0. The van der Waals surface area contributed by atoms with Crippen molar-refractivity contribution in [3.63, 3.8) is 0 Å². The molecule has 0 bridgehead atoms. The van der Waals surface area contributed by atoms with Crippen LogP contribution in [0.15, 0.2) is 30.3 Å². The third-order valence-corrected chi connectivity index (χ3v) is 10.3. The lowest BCUT2D eigenvalue weighted by Crippen LogP contribution is -2.58. The summed E-state index contributed by atoms with van der Waals surface area (Å²) in [7, 11) is -2.25. The van der Waals surface area contributed by atoms with E-state index in [4.69, 9.17) is 9.16 Å². The first-order chi connectivity index (χ1) is 14.7. The summed E-state index contributed by atoms with van der Waals surface area (Å²) in [5.41, 5.74) is 0.816. The van der Waals surface area contributed by atoms with E-state index in [1.807, 2.05) is 43.4 Å². The van der Waals surface area contributed by atoms with Crippen LogP contribution < -0.4 is 10.6 Å². The Bertz CT molecular complexity index is 776. The Morgan fingerprint density at radius 3 is 2.03 bits per heavy atom. The Morgan fingerprint density at radius 2 is 1.56 bits per heavy atom. The zero-order valence-electron chi connectivity index (χ0n) is 20.4. The highest BCUT2D eigenvalue weighted by Gasteiger charge is 2.41. The van der Waals surface area contributed by atoms with Crippen LogP contribution in [0.25, 0.3) is 0 Å². The SMILES string of the molecule is CC(C)[C@H](NC(=O)OCc1ccccc1)C(=O)N[C@H](C(=O)O)[C@@H](C)O[Si](C)(C)C(C)(C)C. The lowest BCUT2D eigenvalue weighted by molar-refractivity contribution is -0.145. The molecule has 2 amide bonds. The van der Waals surface area contributed by atoms with Crippen LogP contribution >= 0.6 is 0 Å². The number of alkyl carbamates (subject to hydrolysis) is 1. The number of carbonyl (C=O) groups is 3. The van der Waals surface area contributed by atoms with Crippen molar-refractivity contribution in [2.24, 2.45) is 5.92 Å². The first kappa shape index (κ1) is 27.6. The summed E-state index contributed by atoms with van der Waals surface area (Å²) in [5.74, 6) is -2.08. The molecule has 8 nitrogen and oxygen atoms in total. The minimum Gasteiger partial charge on any atom is -0.480 e. The standard InChI is InChI=1S/C23H38N2O6Si/c1-15(2)18(25-22(29)30-14-17-12-10-9-11-13-17)20(26)24-19(21(27)28)16(3)31-32(7,8)23(4,5)6/h9-13,15-16,18-19H,14H2,1-8H3,(H,24,26)(H,25,29)(H,27,28)/t16-,18+,19+/m1/s1. The van der Waals surface area contributed by atoms with E-state index < -0.39 is 44.5 Å². The summed E-state index contributed by atoms with van der Waals surface area (Å²) in [6, 6.07) is 6.96. The van der Waals surface area contributed by atoms with Crippen molar-refractivity contribution in [1.29, 1.82) is 0 Å². The molecule has 0 aliphatic rings. The summed E-state index contributed by atoms with van der Waals surface area (Å²) < 4.78 is 11.4. The van der Waals surface area contributed by atoms with Gasteiger partial charge in [-0.3, -0.25) is 4.79 Å². The van der Waals surface area contributed by atoms with Crippen molar-refractivity contribution in [2.45, 2.75) is 84.5 Å². The lowest BCUT2D eigenvalue weighted by Gasteiger charge is -2.40. The molecule has 0 radical (unpaired) electrons. The second-order valence-corrected chi connectivity index (χ2v) is 14.6. The number of carboxylic acid groups (broad SMARTS) is 1. The van der Waals surface area contributed by atoms with Gasteiger partial charge in [0.25, 0.3) is 0 Å². The van der Waals surface area contributed by atoms with Crippen LogP contribution in [-0.4, -0.2) is 49.6 Å². The molecule has 3 atom stereocenters. The number of ether oxygens (including phenoxy) is 1. The first-order valence-corrected chi connectivity index (χ1v) is 13.7. The largest absolute Gasteiger partial charge is 0.480 e. The Kier molecular flexibility index (Phi) is 9.90. The van der Waals surface area contributed by atoms with E-state index >= 15 is 0 Å². The number of aliphatic carboxylic acids is 1. The molecular formula is C23H38N2O6Si. The highest BCUT2D eigenvalue weighted by molar-refractivity contribution is 6.74. The van der Waals surface area contributed by atoms with Crippen molar-refractivity contribution < 1.29 is 28.7 Å². The predicted octanol–water partition coefficient (Wildman–Crippen LogP) is 3.92. The maximum atomic E-state index is 12.9. The van der Waals surface area contributed by atoms with Crippen LogP contribution in [0.5, 0.6) is 0 Å². The van der Waals surface area contributed by atoms with Gasteiger partial charge in [0.15, 0.2) is 14.4 Å². The van der Waals surface area contributed by atoms with Gasteiger partial charge in [0, 0.05) is 0 Å². The van der Waals surface area contributed by atoms with E-state index in [-0.39, 0.29) is 17.6 Å². The molecule has 0 saturated heterocycles. The summed E-state index contributed by atoms with van der Waals surface area (Å²) in [6.45, 7) is 15.4. The fourth-order valence-electron chi connectivity index (χ4n) is 2.76. The summed E-state index contributed by atoms with van der Waals surface area (Å²) in [6.07, 6.45) is -1.49. The van der Waals surface area contributed by atoms with Gasteiger partial charge in [-0.05, 0) is 36.5 Å². The number of amides is 2. The normalized spacial score (nSPS) is 14.9. The molecule has 0 unspecified atom stereocenters. The molecule has 0 aromatic heterocycles. The molecule has 0 aliphatic carbocycles. The smallest absolute Gasteiger partial charge is 0.408 e. The zero-order valence-corrected chi connectivity index (χ0v) is 21.4. The molecule has 0 saturated carbocycles. The van der Waals surface area contributed by atoms with Gasteiger partial charge >= 0.3 is 12.1 Å². The van der Waals surface area contributed by atoms with E-state index in [0.717, 1.165) is 5.56 Å². The average Bonchev–Trinajstić information content (AvgIpc) is 2.67. The van der Waals surface area contributed by atoms with Gasteiger partial charge in [0.1, 0.15) is 12.6 Å². The van der Waals surface area contributed by atoms with Gasteiger partial charge in [-0.2, -0.15) is 0 Å². The summed E-state index contributed by atoms with van der Waals surface area (Å²) in [5, 5.41) is 14.7. The van der Waals surface area contributed by atoms with Gasteiger partial charge in [0.2, 0.25) is 5.91 Å². The van der Waals surface area contributed by atoms with E-state index in [0.29, 0.717) is 0 Å². The number of nitrogens with one attached hydrogen (secondary N) is 2. The van der Waals surface area contributed by atoms with E-state index in [2.05, 4.69) is 31.4 Å².